The van der Waals surface area contributed by atoms with Gasteiger partial charge >= 0.3 is 0 Å². The van der Waals surface area contributed by atoms with Crippen molar-refractivity contribution in [2.24, 2.45) is 10.9 Å². The lowest BCUT2D eigenvalue weighted by molar-refractivity contribution is 0.261. The fraction of sp³-hybridized carbons (Fsp3) is 0.632. The van der Waals surface area contributed by atoms with Crippen LogP contribution in [-0.4, -0.2) is 63.1 Å². The molecular formula is C19H32N4O. The van der Waals surface area contributed by atoms with Gasteiger partial charge in [0.2, 0.25) is 0 Å². The SMILES string of the molecule is CN=C(NCc1cccc(OCCN(C)C)c1)N1CCC(C)CC1. The van der Waals surface area contributed by atoms with Crippen LogP contribution < -0.4 is 10.1 Å². The maximum Gasteiger partial charge on any atom is 0.193 e. The van der Waals surface area contributed by atoms with Crippen LogP contribution >= 0.6 is 0 Å². The molecule has 5 heteroatoms. The van der Waals surface area contributed by atoms with E-state index >= 15 is 0 Å². The predicted molar refractivity (Wildman–Crippen MR) is 101 cm³/mol. The third-order valence-electron chi connectivity index (χ3n) is 4.45. The van der Waals surface area contributed by atoms with E-state index in [1.165, 1.54) is 18.4 Å². The lowest BCUT2D eigenvalue weighted by Crippen LogP contribution is -2.45. The van der Waals surface area contributed by atoms with Crippen molar-refractivity contribution in [1.29, 1.82) is 0 Å². The Balaban J connectivity index is 1.84. The van der Waals surface area contributed by atoms with Crippen molar-refractivity contribution in [3.8, 4) is 5.75 Å². The van der Waals surface area contributed by atoms with Gasteiger partial charge in [-0.15, -0.1) is 0 Å². The van der Waals surface area contributed by atoms with Crippen LogP contribution in [0, 0.1) is 5.92 Å². The van der Waals surface area contributed by atoms with Crippen LogP contribution in [0.3, 0.4) is 0 Å². The van der Waals surface area contributed by atoms with E-state index in [2.05, 4.69) is 53.3 Å². The lowest BCUT2D eigenvalue weighted by Gasteiger charge is -2.32. The zero-order valence-electron chi connectivity index (χ0n) is 15.6. The van der Waals surface area contributed by atoms with E-state index in [0.29, 0.717) is 6.61 Å². The third kappa shape index (κ3) is 6.04. The maximum atomic E-state index is 5.81. The lowest BCUT2D eigenvalue weighted by atomic mass is 10.00. The Kier molecular flexibility index (Phi) is 7.37. The summed E-state index contributed by atoms with van der Waals surface area (Å²) in [5, 5.41) is 3.48. The number of guanidine groups is 1. The normalized spacial score (nSPS) is 16.5. The van der Waals surface area contributed by atoms with E-state index < -0.39 is 0 Å². The highest BCUT2D eigenvalue weighted by atomic mass is 16.5. The molecule has 1 saturated heterocycles. The third-order valence-corrected chi connectivity index (χ3v) is 4.45. The Morgan fingerprint density at radius 2 is 2.08 bits per heavy atom. The summed E-state index contributed by atoms with van der Waals surface area (Å²) >= 11 is 0. The van der Waals surface area contributed by atoms with Gasteiger partial charge in [-0.25, -0.2) is 0 Å². The molecule has 0 aromatic heterocycles. The summed E-state index contributed by atoms with van der Waals surface area (Å²) in [6.45, 7) is 6.90. The molecule has 1 fully saturated rings. The Morgan fingerprint density at radius 1 is 1.33 bits per heavy atom. The zero-order chi connectivity index (χ0) is 17.4. The second kappa shape index (κ2) is 9.52. The molecule has 1 heterocycles. The molecule has 0 unspecified atom stereocenters. The minimum absolute atomic E-state index is 0.706. The average molecular weight is 332 g/mol. The van der Waals surface area contributed by atoms with E-state index in [-0.39, 0.29) is 0 Å². The molecule has 0 spiro atoms. The first kappa shape index (κ1) is 18.6. The van der Waals surface area contributed by atoms with E-state index in [4.69, 9.17) is 4.74 Å². The largest absolute Gasteiger partial charge is 0.492 e. The number of aliphatic imine (C=N–C) groups is 1. The molecule has 1 aliphatic rings. The van der Waals surface area contributed by atoms with Gasteiger partial charge in [-0.1, -0.05) is 19.1 Å². The minimum atomic E-state index is 0.706. The number of hydrogen-bond donors (Lipinski definition) is 1. The van der Waals surface area contributed by atoms with Crippen molar-refractivity contribution in [3.05, 3.63) is 29.8 Å². The summed E-state index contributed by atoms with van der Waals surface area (Å²) in [6.07, 6.45) is 2.49. The number of likely N-dealkylation sites (N-methyl/N-ethyl adjacent to an activating group) is 1. The van der Waals surface area contributed by atoms with Gasteiger partial charge in [0.05, 0.1) is 0 Å². The van der Waals surface area contributed by atoms with Crippen LogP contribution in [0.15, 0.2) is 29.3 Å². The van der Waals surface area contributed by atoms with Gasteiger partial charge in [-0.2, -0.15) is 0 Å². The fourth-order valence-electron chi connectivity index (χ4n) is 2.83. The van der Waals surface area contributed by atoms with E-state index in [0.717, 1.165) is 43.8 Å². The first-order valence-electron chi connectivity index (χ1n) is 8.90. The molecule has 1 aromatic carbocycles. The summed E-state index contributed by atoms with van der Waals surface area (Å²) in [6, 6.07) is 8.29. The molecule has 24 heavy (non-hydrogen) atoms. The first-order valence-corrected chi connectivity index (χ1v) is 8.90. The Labute approximate surface area is 146 Å². The molecule has 5 nitrogen and oxygen atoms in total. The molecule has 0 saturated carbocycles. The number of nitrogens with one attached hydrogen (secondary N) is 1. The molecule has 1 aliphatic heterocycles. The molecular weight excluding hydrogens is 300 g/mol. The highest BCUT2D eigenvalue weighted by molar-refractivity contribution is 5.79. The van der Waals surface area contributed by atoms with Gasteiger partial charge in [-0.05, 0) is 50.6 Å². The van der Waals surface area contributed by atoms with Crippen molar-refractivity contribution >= 4 is 5.96 Å². The van der Waals surface area contributed by atoms with Crippen LogP contribution in [0.4, 0.5) is 0 Å². The number of benzene rings is 1. The Bertz CT molecular complexity index is 522. The smallest absolute Gasteiger partial charge is 0.193 e. The van der Waals surface area contributed by atoms with Crippen LogP contribution in [0.1, 0.15) is 25.3 Å². The van der Waals surface area contributed by atoms with Crippen molar-refractivity contribution < 1.29 is 4.74 Å². The molecule has 0 aliphatic carbocycles. The monoisotopic (exact) mass is 332 g/mol. The van der Waals surface area contributed by atoms with E-state index in [1.807, 2.05) is 19.2 Å². The number of ether oxygens (including phenoxy) is 1. The summed E-state index contributed by atoms with van der Waals surface area (Å²) in [5.41, 5.74) is 1.21. The second-order valence-electron chi connectivity index (χ2n) is 6.87. The van der Waals surface area contributed by atoms with Crippen molar-refractivity contribution in [2.75, 3.05) is 47.4 Å². The zero-order valence-corrected chi connectivity index (χ0v) is 15.6. The molecule has 134 valence electrons. The highest BCUT2D eigenvalue weighted by Crippen LogP contribution is 2.16. The first-order chi connectivity index (χ1) is 11.6. The van der Waals surface area contributed by atoms with Gasteiger partial charge in [0.15, 0.2) is 5.96 Å². The van der Waals surface area contributed by atoms with Gasteiger partial charge in [0.1, 0.15) is 12.4 Å². The predicted octanol–water partition coefficient (Wildman–Crippen LogP) is 2.43. The van der Waals surface area contributed by atoms with Crippen LogP contribution in [0.25, 0.3) is 0 Å². The summed E-state index contributed by atoms with van der Waals surface area (Å²) < 4.78 is 5.81. The number of rotatable bonds is 6. The van der Waals surface area contributed by atoms with E-state index in [1.54, 1.807) is 0 Å². The van der Waals surface area contributed by atoms with Crippen molar-refractivity contribution in [2.45, 2.75) is 26.3 Å². The number of likely N-dealkylation sites (tertiary alicyclic amines) is 1. The van der Waals surface area contributed by atoms with Gasteiger partial charge in [-0.3, -0.25) is 4.99 Å². The van der Waals surface area contributed by atoms with E-state index in [9.17, 15) is 0 Å². The topological polar surface area (TPSA) is 40.1 Å². The molecule has 0 bridgehead atoms. The number of piperidine rings is 1. The Hall–Kier alpha value is -1.75. The molecule has 2 rings (SSSR count). The van der Waals surface area contributed by atoms with Gasteiger partial charge in [0, 0.05) is 33.2 Å². The average Bonchev–Trinajstić information content (AvgIpc) is 2.57. The molecule has 1 N–H and O–H groups in total. The maximum absolute atomic E-state index is 5.81. The Morgan fingerprint density at radius 3 is 2.75 bits per heavy atom. The fourth-order valence-corrected chi connectivity index (χ4v) is 2.83. The summed E-state index contributed by atoms with van der Waals surface area (Å²) in [4.78, 5) is 8.92. The summed E-state index contributed by atoms with van der Waals surface area (Å²) in [5.74, 6) is 2.76. The van der Waals surface area contributed by atoms with Crippen LogP contribution in [0.2, 0.25) is 0 Å². The summed E-state index contributed by atoms with van der Waals surface area (Å²) in [7, 11) is 5.97. The molecule has 1 aromatic rings. The van der Waals surface area contributed by atoms with Crippen LogP contribution in [-0.2, 0) is 6.54 Å². The molecule has 0 amide bonds. The van der Waals surface area contributed by atoms with Crippen molar-refractivity contribution in [3.63, 3.8) is 0 Å². The standard InChI is InChI=1S/C19H32N4O/c1-16-8-10-23(11-9-16)19(20-2)21-15-17-6-5-7-18(14-17)24-13-12-22(3)4/h5-7,14,16H,8-13,15H2,1-4H3,(H,20,21). The number of nitrogens with zero attached hydrogens (tertiary/aromatic N) is 3. The minimum Gasteiger partial charge on any atom is -0.492 e. The van der Waals surface area contributed by atoms with Crippen molar-refractivity contribution in [1.82, 2.24) is 15.1 Å². The molecule has 0 atom stereocenters. The quantitative estimate of drug-likeness (QED) is 0.642. The van der Waals surface area contributed by atoms with Crippen LogP contribution in [0.5, 0.6) is 5.75 Å². The van der Waals surface area contributed by atoms with Gasteiger partial charge < -0.3 is 19.9 Å². The highest BCUT2D eigenvalue weighted by Gasteiger charge is 2.18. The van der Waals surface area contributed by atoms with Gasteiger partial charge in [0.25, 0.3) is 0 Å². The second-order valence-corrected chi connectivity index (χ2v) is 6.87. The number of hydrogen-bond acceptors (Lipinski definition) is 3. The molecule has 0 radical (unpaired) electrons.